The zero-order chi connectivity index (χ0) is 17.6. The Morgan fingerprint density at radius 2 is 1.75 bits per heavy atom. The quantitative estimate of drug-likeness (QED) is 0.706. The predicted molar refractivity (Wildman–Crippen MR) is 95.2 cm³/mol. The fraction of sp³-hybridized carbons (Fsp3) is 0.412. The van der Waals surface area contributed by atoms with Gasteiger partial charge in [0.05, 0.1) is 0 Å². The molecule has 0 saturated heterocycles. The van der Waals surface area contributed by atoms with Gasteiger partial charge >= 0.3 is 0 Å². The Balaban J connectivity index is 1.86. The van der Waals surface area contributed by atoms with Crippen LogP contribution >= 0.6 is 0 Å². The molecule has 0 aliphatic heterocycles. The number of hydrogen-bond acceptors (Lipinski definition) is 6. The van der Waals surface area contributed by atoms with Gasteiger partial charge in [0.2, 0.25) is 5.91 Å². The van der Waals surface area contributed by atoms with Crippen molar-refractivity contribution in [1.29, 1.82) is 0 Å². The summed E-state index contributed by atoms with van der Waals surface area (Å²) in [5.41, 5.74) is 0.738. The molecule has 0 fully saturated rings. The SMILES string of the molecule is Cc1ccnc(Nc2cc(NCCNC(=O)C(C)(C)C)ncn2)c1. The monoisotopic (exact) mass is 328 g/mol. The first-order valence-corrected chi connectivity index (χ1v) is 7.88. The molecular formula is C17H24N6O. The summed E-state index contributed by atoms with van der Waals surface area (Å²) in [6, 6.07) is 5.68. The van der Waals surface area contributed by atoms with E-state index in [-0.39, 0.29) is 11.3 Å². The van der Waals surface area contributed by atoms with Crippen LogP contribution in [0.2, 0.25) is 0 Å². The van der Waals surface area contributed by atoms with E-state index < -0.39 is 0 Å². The van der Waals surface area contributed by atoms with E-state index in [0.717, 1.165) is 11.4 Å². The summed E-state index contributed by atoms with van der Waals surface area (Å²) < 4.78 is 0. The number of amides is 1. The number of aromatic nitrogens is 3. The summed E-state index contributed by atoms with van der Waals surface area (Å²) in [6.07, 6.45) is 3.23. The molecule has 2 aromatic rings. The van der Waals surface area contributed by atoms with Crippen molar-refractivity contribution in [2.24, 2.45) is 5.41 Å². The van der Waals surface area contributed by atoms with E-state index in [1.165, 1.54) is 6.33 Å². The fourth-order valence-electron chi connectivity index (χ4n) is 1.89. The molecule has 0 spiro atoms. The summed E-state index contributed by atoms with van der Waals surface area (Å²) in [6.45, 7) is 8.78. The van der Waals surface area contributed by atoms with Gasteiger partial charge < -0.3 is 16.0 Å². The lowest BCUT2D eigenvalue weighted by molar-refractivity contribution is -0.128. The Hall–Kier alpha value is -2.70. The van der Waals surface area contributed by atoms with Crippen LogP contribution in [-0.4, -0.2) is 33.9 Å². The molecule has 0 saturated carbocycles. The van der Waals surface area contributed by atoms with E-state index in [4.69, 9.17) is 0 Å². The Labute approximate surface area is 142 Å². The molecular weight excluding hydrogens is 304 g/mol. The zero-order valence-electron chi connectivity index (χ0n) is 14.6. The van der Waals surface area contributed by atoms with Gasteiger partial charge in [-0.25, -0.2) is 15.0 Å². The van der Waals surface area contributed by atoms with Crippen molar-refractivity contribution >= 4 is 23.4 Å². The molecule has 0 aromatic carbocycles. The van der Waals surface area contributed by atoms with Crippen LogP contribution in [0.3, 0.4) is 0 Å². The molecule has 2 aromatic heterocycles. The number of anilines is 3. The number of hydrogen-bond donors (Lipinski definition) is 3. The molecule has 2 heterocycles. The van der Waals surface area contributed by atoms with Gasteiger partial charge in [-0.2, -0.15) is 0 Å². The Kier molecular flexibility index (Phi) is 5.68. The van der Waals surface area contributed by atoms with E-state index in [0.29, 0.717) is 24.7 Å². The number of carbonyl (C=O) groups is 1. The standard InChI is InChI=1S/C17H24N6O/c1-12-5-6-18-14(9-12)23-15-10-13(21-11-22-15)19-7-8-20-16(24)17(2,3)4/h5-6,9-11H,7-8H2,1-4H3,(H,20,24)(H2,18,19,21,22,23). The molecule has 3 N–H and O–H groups in total. The van der Waals surface area contributed by atoms with Gasteiger partial charge in [-0.15, -0.1) is 0 Å². The molecule has 1 amide bonds. The second-order valence-electron chi connectivity index (χ2n) is 6.56. The normalized spacial score (nSPS) is 11.0. The van der Waals surface area contributed by atoms with Gasteiger partial charge in [0, 0.05) is 30.8 Å². The predicted octanol–water partition coefficient (Wildman–Crippen LogP) is 2.50. The Morgan fingerprint density at radius 1 is 1.04 bits per heavy atom. The number of rotatable bonds is 6. The minimum absolute atomic E-state index is 0.0277. The molecule has 7 nitrogen and oxygen atoms in total. The number of nitrogens with zero attached hydrogens (tertiary/aromatic N) is 3. The number of nitrogens with one attached hydrogen (secondary N) is 3. The summed E-state index contributed by atoms with van der Waals surface area (Å²) in [5, 5.41) is 9.19. The number of aryl methyl sites for hydroxylation is 1. The molecule has 24 heavy (non-hydrogen) atoms. The molecule has 0 bridgehead atoms. The molecule has 0 radical (unpaired) electrons. The Morgan fingerprint density at radius 3 is 2.46 bits per heavy atom. The highest BCUT2D eigenvalue weighted by Crippen LogP contribution is 2.15. The van der Waals surface area contributed by atoms with Crippen molar-refractivity contribution in [1.82, 2.24) is 20.3 Å². The topological polar surface area (TPSA) is 91.8 Å². The molecule has 7 heteroatoms. The zero-order valence-corrected chi connectivity index (χ0v) is 14.6. The first kappa shape index (κ1) is 17.7. The van der Waals surface area contributed by atoms with Gasteiger partial charge in [-0.1, -0.05) is 20.8 Å². The van der Waals surface area contributed by atoms with Crippen LogP contribution in [0.1, 0.15) is 26.3 Å². The molecule has 0 aliphatic carbocycles. The minimum Gasteiger partial charge on any atom is -0.368 e. The van der Waals surface area contributed by atoms with Crippen molar-refractivity contribution in [2.75, 3.05) is 23.7 Å². The van der Waals surface area contributed by atoms with Crippen LogP contribution in [-0.2, 0) is 4.79 Å². The van der Waals surface area contributed by atoms with Crippen molar-refractivity contribution in [3.05, 3.63) is 36.3 Å². The van der Waals surface area contributed by atoms with Gasteiger partial charge in [0.15, 0.2) is 0 Å². The van der Waals surface area contributed by atoms with Crippen LogP contribution < -0.4 is 16.0 Å². The van der Waals surface area contributed by atoms with E-state index in [1.807, 2.05) is 39.8 Å². The maximum absolute atomic E-state index is 11.8. The highest BCUT2D eigenvalue weighted by molar-refractivity contribution is 5.81. The van der Waals surface area contributed by atoms with Crippen molar-refractivity contribution in [2.45, 2.75) is 27.7 Å². The van der Waals surface area contributed by atoms with Gasteiger partial charge in [-0.05, 0) is 24.6 Å². The first-order valence-electron chi connectivity index (χ1n) is 7.88. The second-order valence-corrected chi connectivity index (χ2v) is 6.56. The van der Waals surface area contributed by atoms with Crippen LogP contribution in [0.5, 0.6) is 0 Å². The van der Waals surface area contributed by atoms with Crippen molar-refractivity contribution < 1.29 is 4.79 Å². The van der Waals surface area contributed by atoms with Gasteiger partial charge in [0.25, 0.3) is 0 Å². The van der Waals surface area contributed by atoms with Gasteiger partial charge in [-0.3, -0.25) is 4.79 Å². The third kappa shape index (κ3) is 5.49. The highest BCUT2D eigenvalue weighted by Gasteiger charge is 2.20. The molecule has 0 atom stereocenters. The van der Waals surface area contributed by atoms with Crippen LogP contribution in [0, 0.1) is 12.3 Å². The summed E-state index contributed by atoms with van der Waals surface area (Å²) >= 11 is 0. The van der Waals surface area contributed by atoms with Crippen molar-refractivity contribution in [3.63, 3.8) is 0 Å². The van der Waals surface area contributed by atoms with E-state index in [2.05, 4.69) is 30.9 Å². The fourth-order valence-corrected chi connectivity index (χ4v) is 1.89. The number of pyridine rings is 1. The minimum atomic E-state index is -0.382. The summed E-state index contributed by atoms with van der Waals surface area (Å²) in [7, 11) is 0. The lowest BCUT2D eigenvalue weighted by atomic mass is 9.96. The van der Waals surface area contributed by atoms with Crippen molar-refractivity contribution in [3.8, 4) is 0 Å². The van der Waals surface area contributed by atoms with Crippen LogP contribution in [0.4, 0.5) is 17.5 Å². The van der Waals surface area contributed by atoms with Crippen LogP contribution in [0.25, 0.3) is 0 Å². The lowest BCUT2D eigenvalue weighted by Gasteiger charge is -2.17. The lowest BCUT2D eigenvalue weighted by Crippen LogP contribution is -2.37. The maximum Gasteiger partial charge on any atom is 0.225 e. The molecule has 2 rings (SSSR count). The van der Waals surface area contributed by atoms with E-state index >= 15 is 0 Å². The van der Waals surface area contributed by atoms with E-state index in [9.17, 15) is 4.79 Å². The number of carbonyl (C=O) groups excluding carboxylic acids is 1. The Bertz CT molecular complexity index is 695. The summed E-state index contributed by atoms with van der Waals surface area (Å²) in [5.74, 6) is 2.10. The smallest absolute Gasteiger partial charge is 0.225 e. The third-order valence-electron chi connectivity index (χ3n) is 3.24. The van der Waals surface area contributed by atoms with Crippen LogP contribution in [0.15, 0.2) is 30.7 Å². The summed E-state index contributed by atoms with van der Waals surface area (Å²) in [4.78, 5) is 24.4. The highest BCUT2D eigenvalue weighted by atomic mass is 16.2. The third-order valence-corrected chi connectivity index (χ3v) is 3.24. The maximum atomic E-state index is 11.8. The molecule has 128 valence electrons. The molecule has 0 unspecified atom stereocenters. The largest absolute Gasteiger partial charge is 0.368 e. The van der Waals surface area contributed by atoms with Gasteiger partial charge in [0.1, 0.15) is 23.8 Å². The van der Waals surface area contributed by atoms with E-state index in [1.54, 1.807) is 12.3 Å². The second kappa shape index (κ2) is 7.72. The average molecular weight is 328 g/mol. The average Bonchev–Trinajstić information content (AvgIpc) is 2.51. The first-order chi connectivity index (χ1) is 11.3. The molecule has 0 aliphatic rings.